The molecule has 0 spiro atoms. The minimum Gasteiger partial charge on any atom is -0.481 e. The fraction of sp³-hybridized carbons (Fsp3) is 0.333. The molecule has 0 heterocycles. The first-order valence-corrected chi connectivity index (χ1v) is 5.15. The number of aliphatic carboxylic acids is 1. The Kier molecular flexibility index (Phi) is 2.64. The van der Waals surface area contributed by atoms with Crippen LogP contribution in [0.15, 0.2) is 23.4 Å². The average Bonchev–Trinajstić information content (AvgIpc) is 2.27. The summed E-state index contributed by atoms with van der Waals surface area (Å²) < 4.78 is 0. The molecule has 0 bridgehead atoms. The van der Waals surface area contributed by atoms with Gasteiger partial charge in [0.25, 0.3) is 0 Å². The van der Waals surface area contributed by atoms with E-state index in [-0.39, 0.29) is 0 Å². The van der Waals surface area contributed by atoms with Crippen LogP contribution in [0.1, 0.15) is 23.1 Å². The zero-order valence-electron chi connectivity index (χ0n) is 8.97. The number of benzene rings is 1. The third-order valence-corrected chi connectivity index (χ3v) is 2.95. The summed E-state index contributed by atoms with van der Waals surface area (Å²) in [5.74, 6) is -1.33. The van der Waals surface area contributed by atoms with Crippen molar-refractivity contribution < 1.29 is 15.1 Å². The molecule has 0 saturated heterocycles. The molecule has 2 rings (SSSR count). The highest BCUT2D eigenvalue weighted by Gasteiger charge is 2.28. The molecule has 0 aromatic heterocycles. The van der Waals surface area contributed by atoms with E-state index < -0.39 is 11.9 Å². The highest BCUT2D eigenvalue weighted by atomic mass is 16.4. The van der Waals surface area contributed by atoms with E-state index in [0.717, 1.165) is 16.7 Å². The zero-order valence-corrected chi connectivity index (χ0v) is 8.97. The van der Waals surface area contributed by atoms with Gasteiger partial charge in [-0.1, -0.05) is 22.9 Å². The molecule has 1 aromatic carbocycles. The third-order valence-electron chi connectivity index (χ3n) is 2.95. The molecule has 1 aliphatic rings. The molecular weight excluding hydrogens is 206 g/mol. The van der Waals surface area contributed by atoms with E-state index >= 15 is 0 Å². The van der Waals surface area contributed by atoms with Crippen LogP contribution in [-0.4, -0.2) is 22.0 Å². The fourth-order valence-electron chi connectivity index (χ4n) is 2.09. The second-order valence-electron chi connectivity index (χ2n) is 4.15. The molecule has 4 nitrogen and oxygen atoms in total. The summed E-state index contributed by atoms with van der Waals surface area (Å²) in [5, 5.41) is 21.1. The van der Waals surface area contributed by atoms with Crippen molar-refractivity contribution in [2.45, 2.75) is 19.8 Å². The summed E-state index contributed by atoms with van der Waals surface area (Å²) in [6, 6.07) is 5.78. The van der Waals surface area contributed by atoms with E-state index in [4.69, 9.17) is 10.3 Å². The highest BCUT2D eigenvalue weighted by Crippen LogP contribution is 2.27. The predicted molar refractivity (Wildman–Crippen MR) is 58.9 cm³/mol. The van der Waals surface area contributed by atoms with Gasteiger partial charge in [0.15, 0.2) is 0 Å². The van der Waals surface area contributed by atoms with Gasteiger partial charge in [-0.25, -0.2) is 0 Å². The number of hydrogen-bond acceptors (Lipinski definition) is 3. The lowest BCUT2D eigenvalue weighted by atomic mass is 9.82. The van der Waals surface area contributed by atoms with Gasteiger partial charge >= 0.3 is 5.97 Å². The van der Waals surface area contributed by atoms with Crippen molar-refractivity contribution in [1.29, 1.82) is 0 Å². The molecule has 1 aromatic rings. The summed E-state index contributed by atoms with van der Waals surface area (Å²) in [6.45, 7) is 1.96. The minimum absolute atomic E-state index is 0.294. The molecule has 1 unspecified atom stereocenters. The molecule has 0 saturated carbocycles. The van der Waals surface area contributed by atoms with Crippen LogP contribution in [0.3, 0.4) is 0 Å². The Bertz CT molecular complexity index is 465. The number of carbonyl (C=O) groups is 1. The van der Waals surface area contributed by atoms with E-state index in [1.165, 1.54) is 0 Å². The Morgan fingerprint density at radius 1 is 1.44 bits per heavy atom. The fourth-order valence-corrected chi connectivity index (χ4v) is 2.09. The van der Waals surface area contributed by atoms with Gasteiger partial charge < -0.3 is 10.3 Å². The van der Waals surface area contributed by atoms with Crippen molar-refractivity contribution in [2.24, 2.45) is 11.1 Å². The monoisotopic (exact) mass is 219 g/mol. The molecule has 1 aliphatic carbocycles. The maximum Gasteiger partial charge on any atom is 0.307 e. The van der Waals surface area contributed by atoms with Gasteiger partial charge in [0.05, 0.1) is 11.6 Å². The maximum absolute atomic E-state index is 11.0. The molecule has 0 aliphatic heterocycles. The second kappa shape index (κ2) is 3.96. The third kappa shape index (κ3) is 1.78. The van der Waals surface area contributed by atoms with Crippen molar-refractivity contribution in [3.8, 4) is 0 Å². The quantitative estimate of drug-likeness (QED) is 0.559. The summed E-state index contributed by atoms with van der Waals surface area (Å²) in [5.41, 5.74) is 3.36. The van der Waals surface area contributed by atoms with Gasteiger partial charge in [-0.2, -0.15) is 0 Å². The molecule has 16 heavy (non-hydrogen) atoms. The van der Waals surface area contributed by atoms with E-state index in [2.05, 4.69) is 5.16 Å². The molecule has 4 heteroatoms. The Hall–Kier alpha value is -1.84. The lowest BCUT2D eigenvalue weighted by molar-refractivity contribution is -0.141. The smallest absolute Gasteiger partial charge is 0.307 e. The van der Waals surface area contributed by atoms with Crippen molar-refractivity contribution >= 4 is 11.7 Å². The Labute approximate surface area is 93.2 Å². The normalized spacial score (nSPS) is 21.8. The number of rotatable bonds is 1. The first-order valence-electron chi connectivity index (χ1n) is 5.15. The Morgan fingerprint density at radius 3 is 2.81 bits per heavy atom. The van der Waals surface area contributed by atoms with E-state index in [0.29, 0.717) is 18.6 Å². The number of carboxylic acids is 1. The van der Waals surface area contributed by atoms with Gasteiger partial charge in [-0.15, -0.1) is 0 Å². The largest absolute Gasteiger partial charge is 0.481 e. The summed E-state index contributed by atoms with van der Waals surface area (Å²) in [6.07, 6.45) is 0.798. The number of carboxylic acid groups (broad SMARTS) is 1. The zero-order chi connectivity index (χ0) is 11.7. The molecule has 84 valence electrons. The average molecular weight is 219 g/mol. The highest BCUT2D eigenvalue weighted by molar-refractivity contribution is 6.04. The van der Waals surface area contributed by atoms with Crippen LogP contribution in [-0.2, 0) is 11.2 Å². The van der Waals surface area contributed by atoms with Crippen LogP contribution in [0.4, 0.5) is 0 Å². The van der Waals surface area contributed by atoms with Gasteiger partial charge in [-0.3, -0.25) is 4.79 Å². The number of aryl methyl sites for hydroxylation is 1. The predicted octanol–water partition coefficient (Wildman–Crippen LogP) is 1.82. The SMILES string of the molecule is Cc1ccc2c(c1)/C(=N\O)CC(C(=O)O)C2. The maximum atomic E-state index is 11.0. The van der Waals surface area contributed by atoms with E-state index in [1.807, 2.05) is 25.1 Å². The van der Waals surface area contributed by atoms with Crippen molar-refractivity contribution in [2.75, 3.05) is 0 Å². The molecule has 2 N–H and O–H groups in total. The number of nitrogens with zero attached hydrogens (tertiary/aromatic N) is 1. The molecular formula is C12H13NO3. The first-order chi connectivity index (χ1) is 7.61. The Balaban J connectivity index is 2.46. The summed E-state index contributed by atoms with van der Waals surface area (Å²) in [7, 11) is 0. The van der Waals surface area contributed by atoms with E-state index in [9.17, 15) is 4.79 Å². The molecule has 0 amide bonds. The lowest BCUT2D eigenvalue weighted by Gasteiger charge is -2.22. The van der Waals surface area contributed by atoms with Crippen LogP contribution < -0.4 is 0 Å². The molecule has 1 atom stereocenters. The molecule has 0 radical (unpaired) electrons. The van der Waals surface area contributed by atoms with Crippen LogP contribution in [0.25, 0.3) is 0 Å². The first kappa shape index (κ1) is 10.7. The van der Waals surface area contributed by atoms with Crippen molar-refractivity contribution in [3.05, 3.63) is 34.9 Å². The van der Waals surface area contributed by atoms with Gasteiger partial charge in [0.1, 0.15) is 0 Å². The minimum atomic E-state index is -0.840. The van der Waals surface area contributed by atoms with Crippen molar-refractivity contribution in [1.82, 2.24) is 0 Å². The lowest BCUT2D eigenvalue weighted by Crippen LogP contribution is -2.26. The number of fused-ring (bicyclic) bond motifs is 1. The van der Waals surface area contributed by atoms with Crippen molar-refractivity contribution in [3.63, 3.8) is 0 Å². The summed E-state index contributed by atoms with van der Waals surface area (Å²) in [4.78, 5) is 11.0. The second-order valence-corrected chi connectivity index (χ2v) is 4.15. The molecule has 0 fully saturated rings. The number of oxime groups is 1. The van der Waals surface area contributed by atoms with Crippen LogP contribution in [0, 0.1) is 12.8 Å². The topological polar surface area (TPSA) is 69.9 Å². The van der Waals surface area contributed by atoms with Crippen LogP contribution >= 0.6 is 0 Å². The summed E-state index contributed by atoms with van der Waals surface area (Å²) >= 11 is 0. The van der Waals surface area contributed by atoms with Gasteiger partial charge in [0, 0.05) is 12.0 Å². The van der Waals surface area contributed by atoms with E-state index in [1.54, 1.807) is 0 Å². The van der Waals surface area contributed by atoms with Crippen LogP contribution in [0.5, 0.6) is 0 Å². The number of hydrogen-bond donors (Lipinski definition) is 2. The van der Waals surface area contributed by atoms with Crippen LogP contribution in [0.2, 0.25) is 0 Å². The van der Waals surface area contributed by atoms with Gasteiger partial charge in [0.2, 0.25) is 0 Å². The Morgan fingerprint density at radius 2 is 2.19 bits per heavy atom. The standard InChI is InChI=1S/C12H13NO3/c1-7-2-3-8-5-9(12(14)15)6-11(13-16)10(8)4-7/h2-4,9,16H,5-6H2,1H3,(H,14,15)/b13-11-. The van der Waals surface area contributed by atoms with Gasteiger partial charge in [-0.05, 0) is 25.0 Å².